The molecule has 0 aromatic heterocycles. The number of likely N-dealkylation sites (tertiary alicyclic amines) is 2. The van der Waals surface area contributed by atoms with Gasteiger partial charge in [0.25, 0.3) is 0 Å². The molecule has 27 heavy (non-hydrogen) atoms. The van der Waals surface area contributed by atoms with Crippen LogP contribution >= 0.6 is 0 Å². The lowest BCUT2D eigenvalue weighted by Crippen LogP contribution is -2.44. The van der Waals surface area contributed by atoms with Gasteiger partial charge in [0.15, 0.2) is 0 Å². The molecule has 7 nitrogen and oxygen atoms in total. The average molecular weight is 375 g/mol. The summed E-state index contributed by atoms with van der Waals surface area (Å²) in [4.78, 5) is 28.4. The van der Waals surface area contributed by atoms with Crippen LogP contribution in [0.5, 0.6) is 11.5 Å². The number of nitrogens with zero attached hydrogens (tertiary/aromatic N) is 2. The Labute approximate surface area is 160 Å². The Bertz CT molecular complexity index is 686. The van der Waals surface area contributed by atoms with E-state index < -0.39 is 0 Å². The Hall–Kier alpha value is -2.28. The zero-order valence-electron chi connectivity index (χ0n) is 16.1. The Kier molecular flexibility index (Phi) is 6.21. The minimum atomic E-state index is -0.231. The van der Waals surface area contributed by atoms with Gasteiger partial charge in [0, 0.05) is 18.0 Å². The summed E-state index contributed by atoms with van der Waals surface area (Å²) < 4.78 is 10.9. The number of methoxy groups -OCH3 is 2. The predicted octanol–water partition coefficient (Wildman–Crippen LogP) is 1.56. The summed E-state index contributed by atoms with van der Waals surface area (Å²) in [6, 6.07) is 5.73. The van der Waals surface area contributed by atoms with E-state index in [1.54, 1.807) is 14.2 Å². The van der Waals surface area contributed by atoms with Crippen LogP contribution in [-0.2, 0) is 9.59 Å². The largest absolute Gasteiger partial charge is 0.497 e. The standard InChI is InChI=1S/C20H29N3O4/c1-26-15-5-6-18(27-2)16(12-15)17-4-3-9-23(17)19(24)13-22-10-7-14(8-11-22)20(21)25/h5-6,12,14,17H,3-4,7-11,13H2,1-2H3,(H2,21,25)/t17-/m1/s1. The number of nitrogens with two attached hydrogens (primary N) is 1. The van der Waals surface area contributed by atoms with Crippen LogP contribution in [0.3, 0.4) is 0 Å². The van der Waals surface area contributed by atoms with Gasteiger partial charge in [-0.25, -0.2) is 0 Å². The first kappa shape index (κ1) is 19.5. The van der Waals surface area contributed by atoms with Gasteiger partial charge >= 0.3 is 0 Å². The summed E-state index contributed by atoms with van der Waals surface area (Å²) in [7, 11) is 3.29. The fourth-order valence-corrected chi connectivity index (χ4v) is 4.15. The van der Waals surface area contributed by atoms with Crippen LogP contribution in [0, 0.1) is 5.92 Å². The number of carbonyl (C=O) groups excluding carboxylic acids is 2. The lowest BCUT2D eigenvalue weighted by molar-refractivity contribution is -0.133. The first-order valence-electron chi connectivity index (χ1n) is 9.56. The quantitative estimate of drug-likeness (QED) is 0.816. The molecule has 0 spiro atoms. The van der Waals surface area contributed by atoms with Gasteiger partial charge in [0.05, 0.1) is 26.8 Å². The summed E-state index contributed by atoms with van der Waals surface area (Å²) >= 11 is 0. The van der Waals surface area contributed by atoms with E-state index in [1.807, 2.05) is 23.1 Å². The molecule has 2 aliphatic heterocycles. The van der Waals surface area contributed by atoms with Crippen molar-refractivity contribution >= 4 is 11.8 Å². The second-order valence-corrected chi connectivity index (χ2v) is 7.31. The zero-order chi connectivity index (χ0) is 19.4. The second-order valence-electron chi connectivity index (χ2n) is 7.31. The number of benzene rings is 1. The molecule has 0 radical (unpaired) electrons. The third kappa shape index (κ3) is 4.35. The molecule has 2 aliphatic rings. The number of hydrogen-bond donors (Lipinski definition) is 1. The fourth-order valence-electron chi connectivity index (χ4n) is 4.15. The summed E-state index contributed by atoms with van der Waals surface area (Å²) in [6.07, 6.45) is 3.35. The van der Waals surface area contributed by atoms with E-state index in [-0.39, 0.29) is 23.8 Å². The van der Waals surface area contributed by atoms with Gasteiger partial charge in [-0.1, -0.05) is 0 Å². The van der Waals surface area contributed by atoms with Crippen molar-refractivity contribution in [2.45, 2.75) is 31.7 Å². The number of primary amides is 1. The number of rotatable bonds is 6. The van der Waals surface area contributed by atoms with E-state index in [4.69, 9.17) is 15.2 Å². The molecule has 3 rings (SSSR count). The molecule has 0 saturated carbocycles. The maximum absolute atomic E-state index is 13.0. The van der Waals surface area contributed by atoms with Crippen molar-refractivity contribution in [3.05, 3.63) is 23.8 Å². The van der Waals surface area contributed by atoms with Crippen LogP contribution in [-0.4, -0.2) is 62.0 Å². The summed E-state index contributed by atoms with van der Waals surface area (Å²) in [5, 5.41) is 0. The highest BCUT2D eigenvalue weighted by Crippen LogP contribution is 2.39. The van der Waals surface area contributed by atoms with Crippen LogP contribution < -0.4 is 15.2 Å². The van der Waals surface area contributed by atoms with Gasteiger partial charge in [-0.3, -0.25) is 14.5 Å². The molecule has 148 valence electrons. The third-order valence-electron chi connectivity index (χ3n) is 5.72. The molecular weight excluding hydrogens is 346 g/mol. The van der Waals surface area contributed by atoms with Gasteiger partial charge < -0.3 is 20.1 Å². The van der Waals surface area contributed by atoms with E-state index in [1.165, 1.54) is 0 Å². The minimum absolute atomic E-state index is 0.00529. The van der Waals surface area contributed by atoms with Crippen LogP contribution in [0.2, 0.25) is 0 Å². The predicted molar refractivity (Wildman–Crippen MR) is 102 cm³/mol. The van der Waals surface area contributed by atoms with Gasteiger partial charge in [-0.2, -0.15) is 0 Å². The average Bonchev–Trinajstić information content (AvgIpc) is 3.17. The second kappa shape index (κ2) is 8.61. The van der Waals surface area contributed by atoms with Gasteiger partial charge in [0.2, 0.25) is 11.8 Å². The number of hydrogen-bond acceptors (Lipinski definition) is 5. The Morgan fingerprint density at radius 3 is 2.48 bits per heavy atom. The van der Waals surface area contributed by atoms with Crippen LogP contribution in [0.1, 0.15) is 37.3 Å². The van der Waals surface area contributed by atoms with Crippen molar-refractivity contribution in [2.75, 3.05) is 40.4 Å². The molecule has 0 unspecified atom stereocenters. The molecule has 2 heterocycles. The summed E-state index contributed by atoms with van der Waals surface area (Å²) in [5.41, 5.74) is 6.39. The van der Waals surface area contributed by atoms with Gasteiger partial charge in [0.1, 0.15) is 11.5 Å². The Morgan fingerprint density at radius 1 is 1.11 bits per heavy atom. The number of piperidine rings is 1. The highest BCUT2D eigenvalue weighted by molar-refractivity contribution is 5.79. The van der Waals surface area contributed by atoms with Crippen LogP contribution in [0.15, 0.2) is 18.2 Å². The summed E-state index contributed by atoms with van der Waals surface area (Å²) in [5.74, 6) is 1.38. The van der Waals surface area contributed by atoms with Crippen molar-refractivity contribution in [1.82, 2.24) is 9.80 Å². The molecule has 2 N–H and O–H groups in total. The summed E-state index contributed by atoms with van der Waals surface area (Å²) in [6.45, 7) is 2.61. The molecular formula is C20H29N3O4. The fraction of sp³-hybridized carbons (Fsp3) is 0.600. The van der Waals surface area contributed by atoms with Crippen molar-refractivity contribution in [3.63, 3.8) is 0 Å². The molecule has 2 fully saturated rings. The highest BCUT2D eigenvalue weighted by atomic mass is 16.5. The monoisotopic (exact) mass is 375 g/mol. The molecule has 2 saturated heterocycles. The van der Waals surface area contributed by atoms with Crippen molar-refractivity contribution in [2.24, 2.45) is 11.7 Å². The Balaban J connectivity index is 1.68. The molecule has 1 aromatic rings. The maximum Gasteiger partial charge on any atom is 0.237 e. The molecule has 7 heteroatoms. The smallest absolute Gasteiger partial charge is 0.237 e. The third-order valence-corrected chi connectivity index (χ3v) is 5.72. The van der Waals surface area contributed by atoms with Gasteiger partial charge in [-0.05, 0) is 57.0 Å². The van der Waals surface area contributed by atoms with E-state index in [9.17, 15) is 9.59 Å². The first-order chi connectivity index (χ1) is 13.0. The lowest BCUT2D eigenvalue weighted by atomic mass is 9.96. The zero-order valence-corrected chi connectivity index (χ0v) is 16.1. The van der Waals surface area contributed by atoms with Crippen molar-refractivity contribution < 1.29 is 19.1 Å². The molecule has 0 bridgehead atoms. The number of carbonyl (C=O) groups is 2. The minimum Gasteiger partial charge on any atom is -0.497 e. The van der Waals surface area contributed by atoms with Gasteiger partial charge in [-0.15, -0.1) is 0 Å². The van der Waals surface area contributed by atoms with Crippen molar-refractivity contribution in [3.8, 4) is 11.5 Å². The number of ether oxygens (including phenoxy) is 2. The topological polar surface area (TPSA) is 85.1 Å². The molecule has 1 atom stereocenters. The normalized spacial score (nSPS) is 21.3. The van der Waals surface area contributed by atoms with Crippen LogP contribution in [0.25, 0.3) is 0 Å². The van der Waals surface area contributed by atoms with E-state index >= 15 is 0 Å². The lowest BCUT2D eigenvalue weighted by Gasteiger charge is -2.33. The molecule has 1 aromatic carbocycles. The molecule has 0 aliphatic carbocycles. The van der Waals surface area contributed by atoms with Crippen LogP contribution in [0.4, 0.5) is 0 Å². The Morgan fingerprint density at radius 2 is 1.85 bits per heavy atom. The molecule has 2 amide bonds. The highest BCUT2D eigenvalue weighted by Gasteiger charge is 2.33. The van der Waals surface area contributed by atoms with E-state index in [0.717, 1.165) is 62.4 Å². The van der Waals surface area contributed by atoms with E-state index in [2.05, 4.69) is 4.90 Å². The SMILES string of the molecule is COc1ccc(OC)c([C@H]2CCCN2C(=O)CN2CCC(C(N)=O)CC2)c1. The first-order valence-corrected chi connectivity index (χ1v) is 9.56. The van der Waals surface area contributed by atoms with Crippen molar-refractivity contribution in [1.29, 1.82) is 0 Å². The van der Waals surface area contributed by atoms with E-state index in [0.29, 0.717) is 6.54 Å². The number of amides is 2. The maximum atomic E-state index is 13.0.